The lowest BCUT2D eigenvalue weighted by Gasteiger charge is -2.11. The molecule has 1 aliphatic rings. The fourth-order valence-electron chi connectivity index (χ4n) is 1.50. The minimum absolute atomic E-state index is 0.778. The van der Waals surface area contributed by atoms with Gasteiger partial charge in [-0.15, -0.1) is 0 Å². The number of rotatable bonds is 2. The minimum atomic E-state index is 0.778. The maximum Gasteiger partial charge on any atom is 0.144 e. The van der Waals surface area contributed by atoms with Gasteiger partial charge in [-0.05, 0) is 30.3 Å². The highest BCUT2D eigenvalue weighted by atomic mass is 32.2. The van der Waals surface area contributed by atoms with Gasteiger partial charge in [0.15, 0.2) is 0 Å². The molecule has 0 aliphatic carbocycles. The second-order valence-corrected chi connectivity index (χ2v) is 3.95. The summed E-state index contributed by atoms with van der Waals surface area (Å²) in [5.41, 5.74) is 0.969. The molecule has 16 heavy (non-hydrogen) atoms. The van der Waals surface area contributed by atoms with E-state index in [9.17, 15) is 0 Å². The van der Waals surface area contributed by atoms with Crippen LogP contribution in [-0.2, 0) is 4.18 Å². The lowest BCUT2D eigenvalue weighted by atomic mass is 10.1. The third-order valence-electron chi connectivity index (χ3n) is 2.20. The van der Waals surface area contributed by atoms with Gasteiger partial charge in [0.05, 0.1) is 24.6 Å². The average molecular weight is 232 g/mol. The van der Waals surface area contributed by atoms with Crippen LogP contribution in [0.3, 0.4) is 0 Å². The van der Waals surface area contributed by atoms with Gasteiger partial charge in [0, 0.05) is 5.57 Å². The predicted molar refractivity (Wildman–Crippen MR) is 62.0 cm³/mol. The zero-order chi connectivity index (χ0) is 10.8. The second-order valence-electron chi connectivity index (χ2n) is 3.18. The van der Waals surface area contributed by atoms with Gasteiger partial charge in [-0.1, -0.05) is 0 Å². The summed E-state index contributed by atoms with van der Waals surface area (Å²) in [6, 6.07) is 7.51. The van der Waals surface area contributed by atoms with E-state index in [1.165, 1.54) is 12.0 Å². The Hall–Kier alpha value is -1.81. The van der Waals surface area contributed by atoms with Crippen molar-refractivity contribution in [3.63, 3.8) is 0 Å². The minimum Gasteiger partial charge on any atom is -0.464 e. The first kappa shape index (κ1) is 9.42. The van der Waals surface area contributed by atoms with Gasteiger partial charge in [-0.2, -0.15) is 0 Å². The van der Waals surface area contributed by atoms with Crippen molar-refractivity contribution in [2.24, 2.45) is 0 Å². The van der Waals surface area contributed by atoms with Crippen LogP contribution in [0.1, 0.15) is 11.5 Å². The van der Waals surface area contributed by atoms with Crippen molar-refractivity contribution >= 4 is 22.5 Å². The van der Waals surface area contributed by atoms with Crippen LogP contribution >= 0.6 is 12.0 Å². The van der Waals surface area contributed by atoms with Crippen LogP contribution in [0.15, 0.2) is 58.0 Å². The lowest BCUT2D eigenvalue weighted by molar-refractivity contribution is 0.541. The highest BCUT2D eigenvalue weighted by Gasteiger charge is 2.18. The maximum absolute atomic E-state index is 5.38. The largest absolute Gasteiger partial charge is 0.464 e. The summed E-state index contributed by atoms with van der Waals surface area (Å²) in [5.74, 6) is 1.58. The molecule has 0 fully saturated rings. The smallest absolute Gasteiger partial charge is 0.144 e. The molecule has 0 unspecified atom stereocenters. The monoisotopic (exact) mass is 232 g/mol. The summed E-state index contributed by atoms with van der Waals surface area (Å²) in [6.45, 7) is 0. The molecule has 3 nitrogen and oxygen atoms in total. The van der Waals surface area contributed by atoms with E-state index in [4.69, 9.17) is 13.0 Å². The third-order valence-corrected chi connectivity index (χ3v) is 2.99. The molecule has 80 valence electrons. The molecule has 0 N–H and O–H groups in total. The number of hydrogen-bond donors (Lipinski definition) is 0. The van der Waals surface area contributed by atoms with E-state index in [1.54, 1.807) is 18.8 Å². The SMILES string of the molecule is C1=CC(c2ccco2)=C(c2ccco2)SO1. The van der Waals surface area contributed by atoms with Crippen molar-refractivity contribution in [3.8, 4) is 0 Å². The van der Waals surface area contributed by atoms with Gasteiger partial charge in [0.1, 0.15) is 22.7 Å². The summed E-state index contributed by atoms with van der Waals surface area (Å²) in [5, 5.41) is 0. The quantitative estimate of drug-likeness (QED) is 0.735. The first-order chi connectivity index (χ1) is 7.95. The average Bonchev–Trinajstić information content (AvgIpc) is 3.03. The molecule has 0 radical (unpaired) electrons. The Kier molecular flexibility index (Phi) is 2.34. The first-order valence-corrected chi connectivity index (χ1v) is 5.51. The predicted octanol–water partition coefficient (Wildman–Crippen LogP) is 3.93. The van der Waals surface area contributed by atoms with Gasteiger partial charge in [-0.25, -0.2) is 0 Å². The number of hydrogen-bond acceptors (Lipinski definition) is 4. The Bertz CT molecular complexity index is 521. The van der Waals surface area contributed by atoms with Gasteiger partial charge >= 0.3 is 0 Å². The zero-order valence-electron chi connectivity index (χ0n) is 8.25. The van der Waals surface area contributed by atoms with Gasteiger partial charge in [-0.3, -0.25) is 0 Å². The summed E-state index contributed by atoms with van der Waals surface area (Å²) < 4.78 is 16.0. The van der Waals surface area contributed by atoms with Crippen LogP contribution in [0, 0.1) is 0 Å². The fourth-order valence-corrected chi connectivity index (χ4v) is 2.16. The van der Waals surface area contributed by atoms with Gasteiger partial charge in [0.2, 0.25) is 0 Å². The van der Waals surface area contributed by atoms with E-state index in [1.807, 2.05) is 30.3 Å². The zero-order valence-corrected chi connectivity index (χ0v) is 9.07. The number of allylic oxidation sites excluding steroid dienone is 2. The van der Waals surface area contributed by atoms with Crippen molar-refractivity contribution < 1.29 is 13.0 Å². The molecule has 0 saturated carbocycles. The molecular formula is C12H8O3S. The van der Waals surface area contributed by atoms with Crippen molar-refractivity contribution in [2.75, 3.05) is 0 Å². The van der Waals surface area contributed by atoms with Gasteiger partial charge < -0.3 is 13.0 Å². The van der Waals surface area contributed by atoms with Crippen molar-refractivity contribution in [1.82, 2.24) is 0 Å². The summed E-state index contributed by atoms with van der Waals surface area (Å²) in [7, 11) is 0. The number of furan rings is 2. The summed E-state index contributed by atoms with van der Waals surface area (Å²) in [4.78, 5) is 0.919. The molecule has 1 aliphatic heterocycles. The van der Waals surface area contributed by atoms with Crippen molar-refractivity contribution in [1.29, 1.82) is 0 Å². The molecule has 4 heteroatoms. The van der Waals surface area contributed by atoms with Crippen LogP contribution < -0.4 is 0 Å². The van der Waals surface area contributed by atoms with E-state index in [2.05, 4.69) is 0 Å². The standard InChI is InChI=1S/C12H8O3S/c1-3-10(13-6-1)9-5-8-15-16-12(9)11-4-2-7-14-11/h1-8H. The summed E-state index contributed by atoms with van der Waals surface area (Å²) in [6.07, 6.45) is 6.79. The molecule has 0 amide bonds. The van der Waals surface area contributed by atoms with Gasteiger partial charge in [0.25, 0.3) is 0 Å². The second kappa shape index (κ2) is 3.98. The Morgan fingerprint density at radius 3 is 2.38 bits per heavy atom. The Morgan fingerprint density at radius 2 is 1.69 bits per heavy atom. The molecule has 0 bridgehead atoms. The molecule has 2 aromatic rings. The van der Waals surface area contributed by atoms with Crippen LogP contribution in [0.25, 0.3) is 10.5 Å². The van der Waals surface area contributed by atoms with Crippen LogP contribution in [0.2, 0.25) is 0 Å². The Balaban J connectivity index is 2.13. The van der Waals surface area contributed by atoms with Crippen molar-refractivity contribution in [3.05, 3.63) is 60.7 Å². The Morgan fingerprint density at radius 1 is 0.938 bits per heavy atom. The van der Waals surface area contributed by atoms with E-state index in [-0.39, 0.29) is 0 Å². The van der Waals surface area contributed by atoms with E-state index >= 15 is 0 Å². The highest BCUT2D eigenvalue weighted by molar-refractivity contribution is 8.04. The van der Waals surface area contributed by atoms with Crippen molar-refractivity contribution in [2.45, 2.75) is 0 Å². The van der Waals surface area contributed by atoms with E-state index in [0.717, 1.165) is 22.0 Å². The molecule has 2 aromatic heterocycles. The summed E-state index contributed by atoms with van der Waals surface area (Å²) >= 11 is 1.27. The molecule has 0 spiro atoms. The third kappa shape index (κ3) is 1.57. The topological polar surface area (TPSA) is 35.5 Å². The van der Waals surface area contributed by atoms with Crippen LogP contribution in [-0.4, -0.2) is 0 Å². The molecule has 3 rings (SSSR count). The molecule has 3 heterocycles. The molecule has 0 saturated heterocycles. The highest BCUT2D eigenvalue weighted by Crippen LogP contribution is 2.40. The fraction of sp³-hybridized carbons (Fsp3) is 0. The first-order valence-electron chi connectivity index (χ1n) is 4.77. The lowest BCUT2D eigenvalue weighted by Crippen LogP contribution is -1.89. The molecular weight excluding hydrogens is 224 g/mol. The van der Waals surface area contributed by atoms with E-state index < -0.39 is 0 Å². The Labute approximate surface area is 96.6 Å². The maximum atomic E-state index is 5.38. The van der Waals surface area contributed by atoms with Crippen LogP contribution in [0.4, 0.5) is 0 Å². The van der Waals surface area contributed by atoms with E-state index in [0.29, 0.717) is 0 Å². The molecule has 0 aromatic carbocycles. The molecule has 0 atom stereocenters. The van der Waals surface area contributed by atoms with Crippen LogP contribution in [0.5, 0.6) is 0 Å². The normalized spacial score (nSPS) is 15.2.